The van der Waals surface area contributed by atoms with Crippen molar-refractivity contribution in [3.05, 3.63) is 60.2 Å². The van der Waals surface area contributed by atoms with Crippen LogP contribution in [0.3, 0.4) is 0 Å². The Bertz CT molecular complexity index is 1010. The number of ether oxygens (including phenoxy) is 1. The molecule has 30 heavy (non-hydrogen) atoms. The first-order valence-electron chi connectivity index (χ1n) is 9.66. The molecular formula is C22H24N4O3S. The second-order valence-corrected chi connectivity index (χ2v) is 7.71. The van der Waals surface area contributed by atoms with Crippen LogP contribution in [0.2, 0.25) is 0 Å². The van der Waals surface area contributed by atoms with E-state index in [1.807, 2.05) is 61.5 Å². The van der Waals surface area contributed by atoms with Gasteiger partial charge in [0, 0.05) is 5.56 Å². The predicted octanol–water partition coefficient (Wildman–Crippen LogP) is 3.85. The van der Waals surface area contributed by atoms with Crippen molar-refractivity contribution in [1.82, 2.24) is 15.5 Å². The molecule has 2 aromatic carbocycles. The summed E-state index contributed by atoms with van der Waals surface area (Å²) in [5, 5.41) is 14.7. The first kappa shape index (κ1) is 21.4. The molecule has 2 atom stereocenters. The number of aromatic nitrogens is 2. The molecule has 1 aromatic heterocycles. The molecule has 3 aromatic rings. The minimum absolute atomic E-state index is 0.180. The summed E-state index contributed by atoms with van der Waals surface area (Å²) in [7, 11) is 1.60. The van der Waals surface area contributed by atoms with Crippen LogP contribution in [0.5, 0.6) is 5.75 Å². The smallest absolute Gasteiger partial charge is 0.248 e. The lowest BCUT2D eigenvalue weighted by Gasteiger charge is -2.19. The molecule has 2 unspecified atom stereocenters. The summed E-state index contributed by atoms with van der Waals surface area (Å²) in [4.78, 5) is 25.2. The molecular weight excluding hydrogens is 400 g/mol. The van der Waals surface area contributed by atoms with Gasteiger partial charge in [0.1, 0.15) is 16.8 Å². The van der Waals surface area contributed by atoms with E-state index in [0.29, 0.717) is 22.3 Å². The van der Waals surface area contributed by atoms with E-state index in [1.165, 1.54) is 11.3 Å². The SMILES string of the molecule is CCC(C(=O)NC(C)C(=O)Nc1nnc(-c2cccc(OC)c2)s1)c1ccccc1. The number of nitrogens with zero attached hydrogens (tertiary/aromatic N) is 2. The van der Waals surface area contributed by atoms with Gasteiger partial charge in [0.25, 0.3) is 0 Å². The largest absolute Gasteiger partial charge is 0.497 e. The van der Waals surface area contributed by atoms with Gasteiger partial charge in [0.15, 0.2) is 0 Å². The number of nitrogens with one attached hydrogen (secondary N) is 2. The zero-order chi connectivity index (χ0) is 21.5. The number of carbonyl (C=O) groups is 2. The van der Waals surface area contributed by atoms with Crippen LogP contribution < -0.4 is 15.4 Å². The van der Waals surface area contributed by atoms with Crippen LogP contribution in [0, 0.1) is 0 Å². The van der Waals surface area contributed by atoms with Gasteiger partial charge in [0.2, 0.25) is 16.9 Å². The van der Waals surface area contributed by atoms with Crippen molar-refractivity contribution >= 4 is 28.3 Å². The number of benzene rings is 2. The number of carbonyl (C=O) groups excluding carboxylic acids is 2. The molecule has 0 aliphatic rings. The van der Waals surface area contributed by atoms with Crippen LogP contribution >= 0.6 is 11.3 Å². The maximum Gasteiger partial charge on any atom is 0.248 e. The lowest BCUT2D eigenvalue weighted by molar-refractivity contribution is -0.127. The van der Waals surface area contributed by atoms with Crippen molar-refractivity contribution in [3.8, 4) is 16.3 Å². The van der Waals surface area contributed by atoms with Crippen molar-refractivity contribution < 1.29 is 14.3 Å². The van der Waals surface area contributed by atoms with E-state index < -0.39 is 6.04 Å². The quantitative estimate of drug-likeness (QED) is 0.573. The van der Waals surface area contributed by atoms with Gasteiger partial charge < -0.3 is 10.1 Å². The lowest BCUT2D eigenvalue weighted by Crippen LogP contribution is -2.43. The summed E-state index contributed by atoms with van der Waals surface area (Å²) in [5.74, 6) is -0.114. The summed E-state index contributed by atoms with van der Waals surface area (Å²) in [5.41, 5.74) is 1.78. The van der Waals surface area contributed by atoms with E-state index in [4.69, 9.17) is 4.74 Å². The minimum Gasteiger partial charge on any atom is -0.497 e. The Morgan fingerprint density at radius 2 is 1.83 bits per heavy atom. The molecule has 0 fully saturated rings. The molecule has 0 spiro atoms. The Morgan fingerprint density at radius 3 is 2.53 bits per heavy atom. The van der Waals surface area contributed by atoms with Crippen molar-refractivity contribution in [2.24, 2.45) is 0 Å². The first-order valence-corrected chi connectivity index (χ1v) is 10.5. The number of anilines is 1. The number of hydrogen-bond acceptors (Lipinski definition) is 6. The van der Waals surface area contributed by atoms with Gasteiger partial charge in [-0.3, -0.25) is 14.9 Å². The van der Waals surface area contributed by atoms with Gasteiger partial charge in [-0.05, 0) is 31.0 Å². The Morgan fingerprint density at radius 1 is 1.07 bits per heavy atom. The van der Waals surface area contributed by atoms with Crippen LogP contribution in [-0.2, 0) is 9.59 Å². The molecule has 2 N–H and O–H groups in total. The Balaban J connectivity index is 1.62. The summed E-state index contributed by atoms with van der Waals surface area (Å²) >= 11 is 1.26. The highest BCUT2D eigenvalue weighted by Gasteiger charge is 2.23. The molecule has 0 aliphatic carbocycles. The highest BCUT2D eigenvalue weighted by atomic mass is 32.1. The topological polar surface area (TPSA) is 93.2 Å². The van der Waals surface area contributed by atoms with Crippen LogP contribution in [0.1, 0.15) is 31.7 Å². The molecule has 0 saturated carbocycles. The second kappa shape index (κ2) is 9.98. The molecule has 7 nitrogen and oxygen atoms in total. The first-order chi connectivity index (χ1) is 14.5. The molecule has 3 rings (SSSR count). The Labute approximate surface area is 179 Å². The molecule has 0 bridgehead atoms. The van der Waals surface area contributed by atoms with Gasteiger partial charge in [-0.25, -0.2) is 0 Å². The average molecular weight is 425 g/mol. The Kier molecular flexibility index (Phi) is 7.13. The van der Waals surface area contributed by atoms with Crippen molar-refractivity contribution in [2.75, 3.05) is 12.4 Å². The Hall–Kier alpha value is -3.26. The molecule has 156 valence electrons. The summed E-state index contributed by atoms with van der Waals surface area (Å²) in [6.07, 6.45) is 0.643. The number of hydrogen-bond donors (Lipinski definition) is 2. The number of methoxy groups -OCH3 is 1. The van der Waals surface area contributed by atoms with E-state index in [0.717, 1.165) is 11.1 Å². The third-order valence-electron chi connectivity index (χ3n) is 4.65. The summed E-state index contributed by atoms with van der Waals surface area (Å²) < 4.78 is 5.22. The summed E-state index contributed by atoms with van der Waals surface area (Å²) in [6, 6.07) is 16.3. The minimum atomic E-state index is -0.709. The van der Waals surface area contributed by atoms with E-state index in [-0.39, 0.29) is 17.7 Å². The normalized spacial score (nSPS) is 12.6. The van der Waals surface area contributed by atoms with Crippen molar-refractivity contribution in [3.63, 3.8) is 0 Å². The number of rotatable bonds is 8. The molecule has 0 aliphatic heterocycles. The van der Waals surface area contributed by atoms with Gasteiger partial charge >= 0.3 is 0 Å². The van der Waals surface area contributed by atoms with Gasteiger partial charge in [-0.15, -0.1) is 10.2 Å². The maximum absolute atomic E-state index is 12.7. The number of amides is 2. The highest BCUT2D eigenvalue weighted by Crippen LogP contribution is 2.28. The van der Waals surface area contributed by atoms with Crippen LogP contribution in [-0.4, -0.2) is 35.2 Å². The fourth-order valence-corrected chi connectivity index (χ4v) is 3.74. The van der Waals surface area contributed by atoms with Crippen LogP contribution in [0.4, 0.5) is 5.13 Å². The van der Waals surface area contributed by atoms with Crippen molar-refractivity contribution in [1.29, 1.82) is 0 Å². The van der Waals surface area contributed by atoms with E-state index in [9.17, 15) is 9.59 Å². The van der Waals surface area contributed by atoms with E-state index in [1.54, 1.807) is 14.0 Å². The second-order valence-electron chi connectivity index (χ2n) is 6.74. The van der Waals surface area contributed by atoms with E-state index in [2.05, 4.69) is 20.8 Å². The third kappa shape index (κ3) is 5.21. The van der Waals surface area contributed by atoms with Gasteiger partial charge in [-0.2, -0.15) is 0 Å². The van der Waals surface area contributed by atoms with Crippen molar-refractivity contribution in [2.45, 2.75) is 32.2 Å². The summed E-state index contributed by atoms with van der Waals surface area (Å²) in [6.45, 7) is 3.60. The monoisotopic (exact) mass is 424 g/mol. The zero-order valence-electron chi connectivity index (χ0n) is 17.1. The van der Waals surface area contributed by atoms with Gasteiger partial charge in [0.05, 0.1) is 13.0 Å². The standard InChI is InChI=1S/C22H24N4O3S/c1-4-18(15-9-6-5-7-10-15)20(28)23-14(2)19(27)24-22-26-25-21(30-22)16-11-8-12-17(13-16)29-3/h5-14,18H,4H2,1-3H3,(H,23,28)(H,24,26,27). The molecule has 0 saturated heterocycles. The third-order valence-corrected chi connectivity index (χ3v) is 5.54. The molecule has 1 heterocycles. The zero-order valence-corrected chi connectivity index (χ0v) is 17.9. The molecule has 8 heteroatoms. The highest BCUT2D eigenvalue weighted by molar-refractivity contribution is 7.18. The molecule has 2 amide bonds. The fraction of sp³-hybridized carbons (Fsp3) is 0.273. The van der Waals surface area contributed by atoms with E-state index >= 15 is 0 Å². The fourth-order valence-electron chi connectivity index (χ4n) is 3.00. The molecule has 0 radical (unpaired) electrons. The lowest BCUT2D eigenvalue weighted by atomic mass is 9.95. The van der Waals surface area contributed by atoms with Crippen LogP contribution in [0.25, 0.3) is 10.6 Å². The van der Waals surface area contributed by atoms with Gasteiger partial charge in [-0.1, -0.05) is 60.7 Å². The predicted molar refractivity (Wildman–Crippen MR) is 118 cm³/mol. The van der Waals surface area contributed by atoms with Crippen LogP contribution in [0.15, 0.2) is 54.6 Å². The average Bonchev–Trinajstić information content (AvgIpc) is 3.23. The maximum atomic E-state index is 12.7.